The molecule has 0 aromatic rings. The smallest absolute Gasteiger partial charge is 0.330 e. The first-order chi connectivity index (χ1) is 17.0. The highest BCUT2D eigenvalue weighted by atomic mass is 31.2. The highest BCUT2D eigenvalue weighted by Crippen LogP contribution is 2.33. The fourth-order valence-corrected chi connectivity index (χ4v) is 4.77. The van der Waals surface area contributed by atoms with Gasteiger partial charge in [-0.3, -0.25) is 0 Å². The van der Waals surface area contributed by atoms with Crippen molar-refractivity contribution in [3.8, 4) is 0 Å². The van der Waals surface area contributed by atoms with Crippen molar-refractivity contribution in [3.63, 3.8) is 0 Å². The van der Waals surface area contributed by atoms with E-state index < -0.39 is 8.60 Å². The third kappa shape index (κ3) is 28.3. The summed E-state index contributed by atoms with van der Waals surface area (Å²) in [7, 11) is 2.17. The fourth-order valence-electron chi connectivity index (χ4n) is 4.11. The normalized spacial score (nSPS) is 13.4. The van der Waals surface area contributed by atoms with E-state index in [1.807, 2.05) is 14.1 Å². The first-order valence-corrected chi connectivity index (χ1v) is 15.7. The van der Waals surface area contributed by atoms with Crippen LogP contribution in [0.5, 0.6) is 0 Å². The second kappa shape index (κ2) is 26.9. The van der Waals surface area contributed by atoms with Crippen molar-refractivity contribution in [2.75, 3.05) is 47.1 Å². The summed E-state index contributed by atoms with van der Waals surface area (Å²) in [6, 6.07) is 0. The number of Topliss-reactive ketones (excluding diaryl/α,β-unsaturated/α-hetero) is 1. The van der Waals surface area contributed by atoms with E-state index in [2.05, 4.69) is 6.92 Å². The van der Waals surface area contributed by atoms with Crippen molar-refractivity contribution in [1.29, 1.82) is 0 Å². The molecule has 0 saturated heterocycles. The van der Waals surface area contributed by atoms with Crippen molar-refractivity contribution in [1.82, 2.24) is 0 Å². The predicted molar refractivity (Wildman–Crippen MR) is 148 cm³/mol. The molecule has 0 amide bonds. The molecule has 0 radical (unpaired) electrons. The molecule has 2 atom stereocenters. The Morgan fingerprint density at radius 3 is 1.69 bits per heavy atom. The van der Waals surface area contributed by atoms with Crippen LogP contribution in [0.1, 0.15) is 123 Å². The molecule has 0 aromatic carbocycles. The van der Waals surface area contributed by atoms with Crippen molar-refractivity contribution in [3.05, 3.63) is 0 Å². The Bertz CT molecular complexity index is 453. The van der Waals surface area contributed by atoms with Gasteiger partial charge in [0.25, 0.3) is 0 Å². The van der Waals surface area contributed by atoms with Crippen LogP contribution in [0.2, 0.25) is 0 Å². The number of carbonyl (C=O) groups excluding carboxylic acids is 1. The zero-order chi connectivity index (χ0) is 26.0. The van der Waals surface area contributed by atoms with Crippen LogP contribution in [-0.4, -0.2) is 57.7 Å². The summed E-state index contributed by atoms with van der Waals surface area (Å²) in [6.45, 7) is 6.63. The Hall–Kier alpha value is -0.100. The van der Waals surface area contributed by atoms with Crippen LogP contribution in [0.15, 0.2) is 0 Å². The van der Waals surface area contributed by atoms with Gasteiger partial charge in [0, 0.05) is 18.9 Å². The number of ether oxygens (including phenoxy) is 1. The van der Waals surface area contributed by atoms with Crippen LogP contribution in [0.4, 0.5) is 0 Å². The van der Waals surface area contributed by atoms with E-state index in [-0.39, 0.29) is 18.3 Å². The number of nitrogens with one attached hydrogen (secondary N) is 1. The van der Waals surface area contributed by atoms with Crippen LogP contribution in [0.25, 0.3) is 0 Å². The molecule has 2 unspecified atom stereocenters. The maximum atomic E-state index is 11.5. The SMILES string of the molecule is CCCCCCCCCCCCCCCCCCOCC(COP(O)OCC[NH+](C)C)CC(C)=O. The molecule has 210 valence electrons. The summed E-state index contributed by atoms with van der Waals surface area (Å²) in [6.07, 6.45) is 22.2. The fraction of sp³-hybridized carbons (Fsp3) is 0.964. The summed E-state index contributed by atoms with van der Waals surface area (Å²) in [5, 5.41) is 0. The molecule has 0 bridgehead atoms. The first kappa shape index (κ1) is 34.9. The molecule has 0 spiro atoms. The maximum absolute atomic E-state index is 11.5. The van der Waals surface area contributed by atoms with Gasteiger partial charge in [0.1, 0.15) is 18.9 Å². The zero-order valence-corrected chi connectivity index (χ0v) is 24.6. The molecular formula is C28H59NO5P+. The number of likely N-dealkylation sites (N-methyl/N-ethyl adjacent to an activating group) is 1. The molecule has 0 heterocycles. The monoisotopic (exact) mass is 520 g/mol. The zero-order valence-electron chi connectivity index (χ0n) is 23.7. The van der Waals surface area contributed by atoms with E-state index in [0.717, 1.165) is 19.6 Å². The molecule has 0 fully saturated rings. The summed E-state index contributed by atoms with van der Waals surface area (Å²) in [5.41, 5.74) is 0. The molecule has 2 N–H and O–H groups in total. The molecule has 7 heteroatoms. The maximum Gasteiger partial charge on any atom is 0.330 e. The van der Waals surface area contributed by atoms with Crippen molar-refractivity contribution in [2.45, 2.75) is 123 Å². The third-order valence-corrected chi connectivity index (χ3v) is 7.07. The third-order valence-electron chi connectivity index (χ3n) is 6.30. The van der Waals surface area contributed by atoms with Crippen LogP contribution in [0, 0.1) is 5.92 Å². The highest BCUT2D eigenvalue weighted by molar-refractivity contribution is 7.40. The van der Waals surface area contributed by atoms with Crippen LogP contribution in [0.3, 0.4) is 0 Å². The first-order valence-electron chi connectivity index (χ1n) is 14.6. The Balaban J connectivity index is 3.53. The Morgan fingerprint density at radius 1 is 0.743 bits per heavy atom. The van der Waals surface area contributed by atoms with Crippen molar-refractivity contribution < 1.29 is 28.4 Å². The Kier molecular flexibility index (Phi) is 26.9. The van der Waals surface area contributed by atoms with E-state index in [1.54, 1.807) is 6.92 Å². The van der Waals surface area contributed by atoms with Gasteiger partial charge in [0.2, 0.25) is 0 Å². The largest absolute Gasteiger partial charge is 0.381 e. The van der Waals surface area contributed by atoms with Crippen molar-refractivity contribution >= 4 is 14.4 Å². The predicted octanol–water partition coefficient (Wildman–Crippen LogP) is 6.26. The summed E-state index contributed by atoms with van der Waals surface area (Å²) < 4.78 is 16.5. The number of carbonyl (C=O) groups is 1. The second-order valence-electron chi connectivity index (χ2n) is 10.5. The number of hydrogen-bond donors (Lipinski definition) is 2. The molecular weight excluding hydrogens is 461 g/mol. The van der Waals surface area contributed by atoms with Gasteiger partial charge >= 0.3 is 8.60 Å². The average molecular weight is 521 g/mol. The summed E-state index contributed by atoms with van der Waals surface area (Å²) in [4.78, 5) is 22.6. The minimum atomic E-state index is -1.89. The van der Waals surface area contributed by atoms with Gasteiger partial charge < -0.3 is 28.4 Å². The Morgan fingerprint density at radius 2 is 1.23 bits per heavy atom. The van der Waals surface area contributed by atoms with Gasteiger partial charge in [-0.2, -0.15) is 0 Å². The van der Waals surface area contributed by atoms with E-state index >= 15 is 0 Å². The van der Waals surface area contributed by atoms with E-state index in [1.165, 1.54) is 101 Å². The lowest BCUT2D eigenvalue weighted by Crippen LogP contribution is -3.06. The quantitative estimate of drug-likeness (QED) is 0.0942. The van der Waals surface area contributed by atoms with Gasteiger partial charge in [0.15, 0.2) is 0 Å². The average Bonchev–Trinajstić information content (AvgIpc) is 2.81. The molecule has 0 rings (SSSR count). The molecule has 6 nitrogen and oxygen atoms in total. The number of unbranched alkanes of at least 4 members (excludes halogenated alkanes) is 15. The number of hydrogen-bond acceptors (Lipinski definition) is 5. The van der Waals surface area contributed by atoms with Gasteiger partial charge in [-0.15, -0.1) is 0 Å². The summed E-state index contributed by atoms with van der Waals surface area (Å²) in [5.74, 6) is 0.0813. The van der Waals surface area contributed by atoms with Crippen molar-refractivity contribution in [2.24, 2.45) is 5.92 Å². The molecule has 35 heavy (non-hydrogen) atoms. The molecule has 0 aliphatic heterocycles. The number of rotatable bonds is 28. The van der Waals surface area contributed by atoms with E-state index in [9.17, 15) is 9.69 Å². The lowest BCUT2D eigenvalue weighted by Gasteiger charge is -2.18. The van der Waals surface area contributed by atoms with E-state index in [0.29, 0.717) is 19.6 Å². The molecule has 0 aliphatic rings. The molecule has 0 aliphatic carbocycles. The minimum Gasteiger partial charge on any atom is -0.381 e. The second-order valence-corrected chi connectivity index (χ2v) is 11.5. The van der Waals surface area contributed by atoms with Gasteiger partial charge in [-0.1, -0.05) is 103 Å². The molecule has 0 aromatic heterocycles. The Labute approximate surface area is 218 Å². The van der Waals surface area contributed by atoms with Crippen LogP contribution < -0.4 is 4.90 Å². The van der Waals surface area contributed by atoms with Gasteiger partial charge in [0.05, 0.1) is 27.3 Å². The van der Waals surface area contributed by atoms with Gasteiger partial charge in [-0.05, 0) is 13.3 Å². The minimum absolute atomic E-state index is 0.0335. The lowest BCUT2D eigenvalue weighted by molar-refractivity contribution is -0.858. The number of quaternary nitrogens is 1. The summed E-state index contributed by atoms with van der Waals surface area (Å²) >= 11 is 0. The van der Waals surface area contributed by atoms with Crippen LogP contribution >= 0.6 is 8.60 Å². The highest BCUT2D eigenvalue weighted by Gasteiger charge is 2.16. The molecule has 0 saturated carbocycles. The van der Waals surface area contributed by atoms with E-state index in [4.69, 9.17) is 13.8 Å². The standard InChI is InChI=1S/C28H58NO5P/c1-5-6-7-8-9-10-11-12-13-14-15-16-17-18-19-20-22-32-25-28(24-27(2)30)26-34-35(31)33-23-21-29(3)4/h28,31H,5-26H2,1-4H3/p+1. The van der Waals surface area contributed by atoms with Gasteiger partial charge in [-0.25, -0.2) is 0 Å². The van der Waals surface area contributed by atoms with Crippen LogP contribution in [-0.2, 0) is 18.6 Å². The lowest BCUT2D eigenvalue weighted by atomic mass is 10.0. The number of ketones is 1. The topological polar surface area (TPSA) is 69.4 Å².